The van der Waals surface area contributed by atoms with Crippen LogP contribution in [0, 0.1) is 6.92 Å². The van der Waals surface area contributed by atoms with Crippen LogP contribution in [0.2, 0.25) is 0 Å². The van der Waals surface area contributed by atoms with Crippen molar-refractivity contribution < 1.29 is 19.4 Å². The normalized spacial score (nSPS) is 17.2. The van der Waals surface area contributed by atoms with Crippen molar-refractivity contribution in [3.05, 3.63) is 64.7 Å². The Labute approximate surface area is 215 Å². The SMILES string of the molecule is CCCOc1ccc(C(O)=C2C(=O)C(=O)N(CCN(CC)CC)[C@H]2c2ccc(N(C)C)cc2)c(C)c1. The molecule has 1 saturated heterocycles. The van der Waals surface area contributed by atoms with E-state index in [-0.39, 0.29) is 11.3 Å². The maximum Gasteiger partial charge on any atom is 0.295 e. The molecule has 2 aromatic rings. The molecule has 0 aromatic heterocycles. The summed E-state index contributed by atoms with van der Waals surface area (Å²) in [7, 11) is 3.92. The fraction of sp³-hybridized carbons (Fsp3) is 0.448. The quantitative estimate of drug-likeness (QED) is 0.280. The van der Waals surface area contributed by atoms with Gasteiger partial charge in [-0.25, -0.2) is 0 Å². The number of ketones is 1. The minimum atomic E-state index is -0.660. The van der Waals surface area contributed by atoms with Gasteiger partial charge in [0.25, 0.3) is 11.7 Å². The molecule has 1 fully saturated rings. The number of hydrogen-bond acceptors (Lipinski definition) is 6. The number of aryl methyl sites for hydroxylation is 1. The zero-order chi connectivity index (χ0) is 26.4. The average molecular weight is 494 g/mol. The highest BCUT2D eigenvalue weighted by Gasteiger charge is 2.46. The maximum atomic E-state index is 13.3. The van der Waals surface area contributed by atoms with Crippen LogP contribution in [0.1, 0.15) is 49.9 Å². The molecule has 0 unspecified atom stereocenters. The van der Waals surface area contributed by atoms with E-state index in [4.69, 9.17) is 4.74 Å². The molecular formula is C29H39N3O4. The average Bonchev–Trinajstić information content (AvgIpc) is 3.12. The maximum absolute atomic E-state index is 13.3. The van der Waals surface area contributed by atoms with Crippen LogP contribution in [0.25, 0.3) is 5.76 Å². The number of nitrogens with zero attached hydrogens (tertiary/aromatic N) is 3. The monoisotopic (exact) mass is 493 g/mol. The second-order valence-corrected chi connectivity index (χ2v) is 9.33. The number of anilines is 1. The van der Waals surface area contributed by atoms with E-state index in [0.29, 0.717) is 31.0 Å². The first-order chi connectivity index (χ1) is 17.2. The molecule has 0 spiro atoms. The summed E-state index contributed by atoms with van der Waals surface area (Å²) in [5.74, 6) is -0.674. The minimum absolute atomic E-state index is 0.127. The second-order valence-electron chi connectivity index (χ2n) is 9.33. The zero-order valence-corrected chi connectivity index (χ0v) is 22.4. The van der Waals surface area contributed by atoms with Gasteiger partial charge in [-0.3, -0.25) is 9.59 Å². The molecule has 0 radical (unpaired) electrons. The van der Waals surface area contributed by atoms with Gasteiger partial charge >= 0.3 is 0 Å². The number of Topliss-reactive ketones (excluding diaryl/α,β-unsaturated/α-hetero) is 1. The minimum Gasteiger partial charge on any atom is -0.507 e. The van der Waals surface area contributed by atoms with Crippen molar-refractivity contribution in [2.24, 2.45) is 0 Å². The highest BCUT2D eigenvalue weighted by molar-refractivity contribution is 6.46. The van der Waals surface area contributed by atoms with E-state index in [2.05, 4.69) is 18.7 Å². The number of benzene rings is 2. The summed E-state index contributed by atoms with van der Waals surface area (Å²) < 4.78 is 5.71. The van der Waals surface area contributed by atoms with Crippen LogP contribution in [0.3, 0.4) is 0 Å². The third-order valence-electron chi connectivity index (χ3n) is 6.74. The van der Waals surface area contributed by atoms with Crippen LogP contribution in [-0.2, 0) is 9.59 Å². The van der Waals surface area contributed by atoms with E-state index >= 15 is 0 Å². The molecular weight excluding hydrogens is 454 g/mol. The molecule has 2 aromatic carbocycles. The third-order valence-corrected chi connectivity index (χ3v) is 6.74. The number of aliphatic hydroxyl groups is 1. The van der Waals surface area contributed by atoms with E-state index in [0.717, 1.165) is 36.3 Å². The first-order valence-corrected chi connectivity index (χ1v) is 12.7. The second kappa shape index (κ2) is 12.1. The Hall–Kier alpha value is -3.32. The van der Waals surface area contributed by atoms with Gasteiger partial charge in [-0.1, -0.05) is 32.9 Å². The van der Waals surface area contributed by atoms with Crippen molar-refractivity contribution in [2.45, 2.75) is 40.2 Å². The van der Waals surface area contributed by atoms with Gasteiger partial charge in [-0.2, -0.15) is 0 Å². The molecule has 0 bridgehead atoms. The molecule has 194 valence electrons. The number of carbonyl (C=O) groups excluding carboxylic acids is 2. The zero-order valence-electron chi connectivity index (χ0n) is 22.4. The molecule has 36 heavy (non-hydrogen) atoms. The van der Waals surface area contributed by atoms with Crippen LogP contribution in [0.5, 0.6) is 5.75 Å². The fourth-order valence-electron chi connectivity index (χ4n) is 4.56. The van der Waals surface area contributed by atoms with Crippen LogP contribution < -0.4 is 9.64 Å². The predicted molar refractivity (Wildman–Crippen MR) is 145 cm³/mol. The summed E-state index contributed by atoms with van der Waals surface area (Å²) in [6.07, 6.45) is 0.893. The lowest BCUT2D eigenvalue weighted by atomic mass is 9.93. The Balaban J connectivity index is 2.09. The highest BCUT2D eigenvalue weighted by Crippen LogP contribution is 2.40. The van der Waals surface area contributed by atoms with Gasteiger partial charge in [0.05, 0.1) is 18.2 Å². The number of amides is 1. The lowest BCUT2D eigenvalue weighted by molar-refractivity contribution is -0.140. The molecule has 1 N–H and O–H groups in total. The number of rotatable bonds is 11. The largest absolute Gasteiger partial charge is 0.507 e. The Bertz CT molecular complexity index is 1100. The van der Waals surface area contributed by atoms with Crippen molar-refractivity contribution in [2.75, 3.05) is 51.8 Å². The van der Waals surface area contributed by atoms with E-state index in [1.54, 1.807) is 17.0 Å². The number of likely N-dealkylation sites (N-methyl/N-ethyl adjacent to an activating group) is 1. The van der Waals surface area contributed by atoms with Crippen molar-refractivity contribution in [3.8, 4) is 5.75 Å². The van der Waals surface area contributed by atoms with Gasteiger partial charge in [-0.15, -0.1) is 0 Å². The third kappa shape index (κ3) is 5.73. The topological polar surface area (TPSA) is 73.3 Å². The van der Waals surface area contributed by atoms with Crippen LogP contribution in [-0.4, -0.2) is 73.5 Å². The standard InChI is InChI=1S/C29H39N3O4/c1-7-18-36-23-14-15-24(20(4)19-23)27(33)25-26(21-10-12-22(13-11-21)30(5)6)32(29(35)28(25)34)17-16-31(8-2)9-3/h10-15,19,26,33H,7-9,16-18H2,1-6H3/t26-/m0/s1. The van der Waals surface area contributed by atoms with E-state index in [1.807, 2.05) is 63.2 Å². The van der Waals surface area contributed by atoms with Crippen LogP contribution in [0.4, 0.5) is 5.69 Å². The Kier molecular flexibility index (Phi) is 9.15. The Morgan fingerprint density at radius 2 is 1.69 bits per heavy atom. The first-order valence-electron chi connectivity index (χ1n) is 12.7. The number of aliphatic hydroxyl groups excluding tert-OH is 1. The van der Waals surface area contributed by atoms with Gasteiger partial charge in [0.1, 0.15) is 11.5 Å². The molecule has 1 heterocycles. The van der Waals surface area contributed by atoms with Gasteiger partial charge in [0.2, 0.25) is 0 Å². The van der Waals surface area contributed by atoms with Crippen molar-refractivity contribution >= 4 is 23.1 Å². The Morgan fingerprint density at radius 1 is 1.03 bits per heavy atom. The van der Waals surface area contributed by atoms with Crippen molar-refractivity contribution in [1.29, 1.82) is 0 Å². The molecule has 7 heteroatoms. The lowest BCUT2D eigenvalue weighted by Crippen LogP contribution is -2.38. The van der Waals surface area contributed by atoms with E-state index in [1.165, 1.54) is 0 Å². The summed E-state index contributed by atoms with van der Waals surface area (Å²) in [5.41, 5.74) is 3.23. The molecule has 3 rings (SSSR count). The van der Waals surface area contributed by atoms with E-state index in [9.17, 15) is 14.7 Å². The lowest BCUT2D eigenvalue weighted by Gasteiger charge is -2.28. The number of carbonyl (C=O) groups is 2. The van der Waals surface area contributed by atoms with Gasteiger partial charge < -0.3 is 24.5 Å². The molecule has 1 aliphatic rings. The highest BCUT2D eigenvalue weighted by atomic mass is 16.5. The molecule has 1 amide bonds. The summed E-state index contributed by atoms with van der Waals surface area (Å²) in [5, 5.41) is 11.4. The molecule has 0 saturated carbocycles. The summed E-state index contributed by atoms with van der Waals surface area (Å²) in [4.78, 5) is 32.4. The fourth-order valence-corrected chi connectivity index (χ4v) is 4.56. The van der Waals surface area contributed by atoms with Gasteiger partial charge in [0.15, 0.2) is 0 Å². The van der Waals surface area contributed by atoms with Gasteiger partial charge in [-0.05, 0) is 67.9 Å². The number of hydrogen-bond donors (Lipinski definition) is 1. The van der Waals surface area contributed by atoms with Crippen molar-refractivity contribution in [3.63, 3.8) is 0 Å². The smallest absolute Gasteiger partial charge is 0.295 e. The van der Waals surface area contributed by atoms with E-state index < -0.39 is 17.7 Å². The summed E-state index contributed by atoms with van der Waals surface area (Å²) >= 11 is 0. The van der Waals surface area contributed by atoms with Crippen LogP contribution >= 0.6 is 0 Å². The summed E-state index contributed by atoms with van der Waals surface area (Å²) in [6, 6.07) is 12.5. The van der Waals surface area contributed by atoms with Gasteiger partial charge in [0, 0.05) is 38.4 Å². The number of likely N-dealkylation sites (tertiary alicyclic amines) is 1. The van der Waals surface area contributed by atoms with Crippen molar-refractivity contribution in [1.82, 2.24) is 9.80 Å². The first kappa shape index (κ1) is 27.3. The Morgan fingerprint density at radius 3 is 2.25 bits per heavy atom. The molecule has 1 atom stereocenters. The molecule has 7 nitrogen and oxygen atoms in total. The number of ether oxygens (including phenoxy) is 1. The summed E-state index contributed by atoms with van der Waals surface area (Å²) in [6.45, 7) is 11.4. The van der Waals surface area contributed by atoms with Crippen LogP contribution in [0.15, 0.2) is 48.0 Å². The predicted octanol–water partition coefficient (Wildman–Crippen LogP) is 4.61. The molecule has 0 aliphatic carbocycles. The molecule has 1 aliphatic heterocycles.